The topological polar surface area (TPSA) is 144 Å². The first-order chi connectivity index (χ1) is 15.1. The van der Waals surface area contributed by atoms with Gasteiger partial charge in [0.1, 0.15) is 5.54 Å². The third-order valence-electron chi connectivity index (χ3n) is 6.66. The van der Waals surface area contributed by atoms with Gasteiger partial charge in [-0.3, -0.25) is 4.18 Å². The van der Waals surface area contributed by atoms with Gasteiger partial charge in [0.05, 0.1) is 23.5 Å². The molecule has 2 amide bonds. The Kier molecular flexibility index (Phi) is 6.25. The molecule has 1 saturated heterocycles. The van der Waals surface area contributed by atoms with Crippen molar-refractivity contribution in [3.05, 3.63) is 29.8 Å². The van der Waals surface area contributed by atoms with Gasteiger partial charge in [-0.2, -0.15) is 13.2 Å². The number of aliphatic carboxylic acids is 1. The number of amides is 2. The Morgan fingerprint density at radius 2 is 1.64 bits per heavy atom. The molecule has 182 valence electrons. The Hall–Kier alpha value is -2.34. The summed E-state index contributed by atoms with van der Waals surface area (Å²) in [5, 5.41) is 19.9. The van der Waals surface area contributed by atoms with E-state index in [9.17, 15) is 33.0 Å². The number of aryl methyl sites for hydroxylation is 1. The second-order valence-corrected chi connectivity index (χ2v) is 11.5. The predicted octanol–water partition coefficient (Wildman–Crippen LogP) is 2.68. The minimum absolute atomic E-state index is 0.0365. The number of imide groups is 1. The second kappa shape index (κ2) is 8.15. The molecule has 10 nitrogen and oxygen atoms in total. The lowest BCUT2D eigenvalue weighted by Gasteiger charge is -2.45. The highest BCUT2D eigenvalue weighted by molar-refractivity contribution is 7.86. The number of benzene rings is 1. The van der Waals surface area contributed by atoms with Gasteiger partial charge in [0, 0.05) is 19.8 Å². The molecule has 1 saturated carbocycles. The maximum absolute atomic E-state index is 13.3. The summed E-state index contributed by atoms with van der Waals surface area (Å²) < 4.78 is 34.6. The fourth-order valence-electron chi connectivity index (χ4n) is 4.92. The lowest BCUT2D eigenvalue weighted by Crippen LogP contribution is -2.75. The zero-order valence-electron chi connectivity index (χ0n) is 19.3. The van der Waals surface area contributed by atoms with Crippen LogP contribution in [0.15, 0.2) is 29.2 Å². The minimum atomic E-state index is -3.96. The van der Waals surface area contributed by atoms with Crippen molar-refractivity contribution in [3.63, 3.8) is 0 Å². The predicted molar refractivity (Wildman–Crippen MR) is 115 cm³/mol. The van der Waals surface area contributed by atoms with Gasteiger partial charge in [-0.25, -0.2) is 9.59 Å². The molecule has 2 fully saturated rings. The van der Waals surface area contributed by atoms with Crippen LogP contribution in [0.1, 0.15) is 52.5 Å². The first-order valence-corrected chi connectivity index (χ1v) is 12.0. The van der Waals surface area contributed by atoms with Gasteiger partial charge in [0.25, 0.3) is 10.1 Å². The number of carboxylic acids is 1. The zero-order valence-corrected chi connectivity index (χ0v) is 20.1. The highest BCUT2D eigenvalue weighted by atomic mass is 32.2. The van der Waals surface area contributed by atoms with Crippen LogP contribution in [0.5, 0.6) is 0 Å². The summed E-state index contributed by atoms with van der Waals surface area (Å²) in [5.74, 6) is -2.24. The number of rotatable bonds is 6. The molecule has 2 N–H and O–H groups in total. The average molecular weight is 485 g/mol. The first kappa shape index (κ1) is 25.3. The quantitative estimate of drug-likeness (QED) is 0.460. The summed E-state index contributed by atoms with van der Waals surface area (Å²) >= 11 is 0. The molecule has 3 atom stereocenters. The van der Waals surface area contributed by atoms with Crippen molar-refractivity contribution < 1.29 is 46.4 Å². The zero-order chi connectivity index (χ0) is 25.0. The van der Waals surface area contributed by atoms with Crippen molar-refractivity contribution in [1.82, 2.24) is 0 Å². The number of nitrogens with zero attached hydrogens (tertiary/aromatic N) is 1. The van der Waals surface area contributed by atoms with E-state index in [1.54, 1.807) is 12.1 Å². The Labute approximate surface area is 192 Å². The van der Waals surface area contributed by atoms with E-state index in [2.05, 4.69) is 0 Å². The van der Waals surface area contributed by atoms with Crippen molar-refractivity contribution in [2.75, 3.05) is 0 Å². The van der Waals surface area contributed by atoms with E-state index in [0.717, 1.165) is 5.56 Å². The Morgan fingerprint density at radius 3 is 2.06 bits per heavy atom. The van der Waals surface area contributed by atoms with Gasteiger partial charge in [-0.05, 0) is 39.8 Å². The largest absolute Gasteiger partial charge is 0.522 e. The van der Waals surface area contributed by atoms with E-state index in [-0.39, 0.29) is 24.2 Å². The van der Waals surface area contributed by atoms with Gasteiger partial charge in [-0.15, -0.1) is 4.48 Å². The molecule has 1 aliphatic heterocycles. The van der Waals surface area contributed by atoms with Crippen LogP contribution in [0.2, 0.25) is 0 Å². The van der Waals surface area contributed by atoms with Crippen LogP contribution >= 0.6 is 0 Å². The molecule has 11 heteroatoms. The molecular formula is C22H30NO9S+. The van der Waals surface area contributed by atoms with Crippen molar-refractivity contribution in [2.45, 2.75) is 88.2 Å². The Bertz CT molecular complexity index is 1070. The molecule has 1 aromatic carbocycles. The van der Waals surface area contributed by atoms with Crippen molar-refractivity contribution in [2.24, 2.45) is 0 Å². The molecule has 3 rings (SSSR count). The van der Waals surface area contributed by atoms with Crippen LogP contribution in [0.25, 0.3) is 0 Å². The van der Waals surface area contributed by atoms with E-state index in [1.807, 2.05) is 6.92 Å². The molecule has 2 unspecified atom stereocenters. The number of carboxylic acid groups (broad SMARTS) is 2. The van der Waals surface area contributed by atoms with Crippen LogP contribution in [0, 0.1) is 6.92 Å². The maximum Gasteiger partial charge on any atom is 0.522 e. The number of carbonyl (C=O) groups is 3. The van der Waals surface area contributed by atoms with Gasteiger partial charge in [-0.1, -0.05) is 17.7 Å². The lowest BCUT2D eigenvalue weighted by molar-refractivity contribution is -0.863. The molecule has 1 heterocycles. The number of ether oxygens (including phenoxy) is 1. The van der Waals surface area contributed by atoms with Gasteiger partial charge in [0.2, 0.25) is 5.54 Å². The average Bonchev–Trinajstić information content (AvgIpc) is 2.88. The molecule has 0 radical (unpaired) electrons. The van der Waals surface area contributed by atoms with Crippen LogP contribution in [-0.2, 0) is 28.6 Å². The highest BCUT2D eigenvalue weighted by Crippen LogP contribution is 2.47. The molecule has 33 heavy (non-hydrogen) atoms. The number of carbonyl (C=O) groups excluding carboxylic acids is 1. The normalized spacial score (nSPS) is 32.4. The van der Waals surface area contributed by atoms with Gasteiger partial charge in [0.15, 0.2) is 6.10 Å². The molecule has 0 spiro atoms. The molecule has 2 aliphatic rings. The smallest absolute Gasteiger partial charge is 0.477 e. The molecular weight excluding hydrogens is 454 g/mol. The van der Waals surface area contributed by atoms with Crippen LogP contribution in [0.3, 0.4) is 0 Å². The third kappa shape index (κ3) is 3.96. The monoisotopic (exact) mass is 484 g/mol. The van der Waals surface area contributed by atoms with Crippen LogP contribution in [0.4, 0.5) is 4.79 Å². The molecule has 1 aromatic rings. The van der Waals surface area contributed by atoms with Crippen molar-refractivity contribution >= 4 is 28.1 Å². The first-order valence-electron chi connectivity index (χ1n) is 10.6. The van der Waals surface area contributed by atoms with E-state index in [4.69, 9.17) is 8.92 Å². The van der Waals surface area contributed by atoms with E-state index in [0.29, 0.717) is 0 Å². The second-order valence-electron chi connectivity index (χ2n) is 9.95. The number of hydrogen-bond donors (Lipinski definition) is 2. The standard InChI is InChI=1S/C22H29NO9S/c1-13-6-8-16(9-7-13)33(29,30)32-15-10-14(11-15)31-17-12-22(5,19(25)26)23(18(17)24,20(27)28)21(2,3)4/h6-9,14-15,17H,10-12H2,1-5H3,(H-,25,26,27,28)/p+1/t14?,15?,17?,22-,23?/m0/s1. The van der Waals surface area contributed by atoms with E-state index >= 15 is 0 Å². The summed E-state index contributed by atoms with van der Waals surface area (Å²) in [6.07, 6.45) is -3.95. The summed E-state index contributed by atoms with van der Waals surface area (Å²) in [6, 6.07) is 6.24. The fraction of sp³-hybridized carbons (Fsp3) is 0.591. The Balaban J connectivity index is 1.72. The SMILES string of the molecule is Cc1ccc(S(=O)(=O)OC2CC(OC3C[C@@](C)(C(=O)O)[N+](C(=O)O)(C(C)(C)C)C3=O)C2)cc1. The summed E-state index contributed by atoms with van der Waals surface area (Å²) in [7, 11) is -3.96. The third-order valence-corrected chi connectivity index (χ3v) is 8.04. The minimum Gasteiger partial charge on any atom is -0.477 e. The summed E-state index contributed by atoms with van der Waals surface area (Å²) in [4.78, 5) is 37.8. The highest BCUT2D eigenvalue weighted by Gasteiger charge is 2.76. The Morgan fingerprint density at radius 1 is 1.09 bits per heavy atom. The molecule has 1 aliphatic carbocycles. The van der Waals surface area contributed by atoms with Gasteiger partial charge < -0.3 is 14.9 Å². The maximum atomic E-state index is 13.3. The van der Waals surface area contributed by atoms with Crippen molar-refractivity contribution in [1.29, 1.82) is 0 Å². The van der Waals surface area contributed by atoms with Crippen LogP contribution < -0.4 is 0 Å². The number of quaternary nitrogens is 1. The molecule has 0 aromatic heterocycles. The number of hydrogen-bond acceptors (Lipinski definition) is 7. The van der Waals surface area contributed by atoms with Gasteiger partial charge >= 0.3 is 18.0 Å². The molecule has 0 bridgehead atoms. The summed E-state index contributed by atoms with van der Waals surface area (Å²) in [5.41, 5.74) is -2.27. The number of likely N-dealkylation sites (tertiary alicyclic amines) is 1. The van der Waals surface area contributed by atoms with Crippen molar-refractivity contribution in [3.8, 4) is 0 Å². The lowest BCUT2D eigenvalue weighted by atomic mass is 9.89. The van der Waals surface area contributed by atoms with Crippen LogP contribution in [-0.4, -0.2) is 70.5 Å². The summed E-state index contributed by atoms with van der Waals surface area (Å²) in [6.45, 7) is 7.60. The van der Waals surface area contributed by atoms with E-state index in [1.165, 1.54) is 39.8 Å². The fourth-order valence-corrected chi connectivity index (χ4v) is 6.02. The van der Waals surface area contributed by atoms with E-state index < -0.39 is 62.0 Å².